The highest BCUT2D eigenvalue weighted by Crippen LogP contribution is 2.19. The Labute approximate surface area is 97.4 Å². The Morgan fingerprint density at radius 3 is 2.38 bits per heavy atom. The summed E-state index contributed by atoms with van der Waals surface area (Å²) in [5, 5.41) is 2.77. The summed E-state index contributed by atoms with van der Waals surface area (Å²) in [5.74, 6) is 0.384. The second-order valence-electron chi connectivity index (χ2n) is 5.84. The first-order chi connectivity index (χ1) is 7.21. The molecule has 4 heteroatoms. The zero-order valence-corrected chi connectivity index (χ0v) is 10.8. The molecule has 1 saturated heterocycles. The van der Waals surface area contributed by atoms with Crippen molar-refractivity contribution >= 4 is 11.8 Å². The van der Waals surface area contributed by atoms with Crippen LogP contribution in [0, 0.1) is 5.92 Å². The van der Waals surface area contributed by atoms with Crippen molar-refractivity contribution in [1.29, 1.82) is 0 Å². The molecule has 2 amide bonds. The van der Waals surface area contributed by atoms with Gasteiger partial charge in [0.05, 0.1) is 0 Å². The smallest absolute Gasteiger partial charge is 0.246 e. The lowest BCUT2D eigenvalue weighted by Crippen LogP contribution is -2.63. The van der Waals surface area contributed by atoms with Gasteiger partial charge in [-0.2, -0.15) is 0 Å². The Morgan fingerprint density at radius 1 is 1.38 bits per heavy atom. The molecule has 1 unspecified atom stereocenters. The van der Waals surface area contributed by atoms with Crippen molar-refractivity contribution in [2.45, 2.75) is 52.6 Å². The average Bonchev–Trinajstić information content (AvgIpc) is 2.07. The number of hydrogen-bond donors (Lipinski definition) is 1. The Kier molecular flexibility index (Phi) is 3.61. The quantitative estimate of drug-likeness (QED) is 0.768. The fourth-order valence-corrected chi connectivity index (χ4v) is 1.91. The van der Waals surface area contributed by atoms with Crippen LogP contribution in [0.2, 0.25) is 0 Å². The highest BCUT2D eigenvalue weighted by atomic mass is 16.2. The monoisotopic (exact) mass is 226 g/mol. The van der Waals surface area contributed by atoms with E-state index in [0.717, 1.165) is 0 Å². The Bertz CT molecular complexity index is 292. The fourth-order valence-electron chi connectivity index (χ4n) is 1.91. The van der Waals surface area contributed by atoms with Gasteiger partial charge in [0, 0.05) is 5.54 Å². The maximum Gasteiger partial charge on any atom is 0.246 e. The molecule has 16 heavy (non-hydrogen) atoms. The van der Waals surface area contributed by atoms with Gasteiger partial charge >= 0.3 is 0 Å². The Morgan fingerprint density at radius 2 is 1.94 bits per heavy atom. The predicted molar refractivity (Wildman–Crippen MR) is 62.9 cm³/mol. The van der Waals surface area contributed by atoms with Crippen molar-refractivity contribution in [3.8, 4) is 0 Å². The number of piperazine rings is 1. The predicted octanol–water partition coefficient (Wildman–Crippen LogP) is 1.16. The van der Waals surface area contributed by atoms with Gasteiger partial charge in [0.15, 0.2) is 0 Å². The second kappa shape index (κ2) is 4.44. The van der Waals surface area contributed by atoms with Crippen molar-refractivity contribution in [3.63, 3.8) is 0 Å². The summed E-state index contributed by atoms with van der Waals surface area (Å²) >= 11 is 0. The molecule has 0 saturated carbocycles. The number of carbonyl (C=O) groups excluding carboxylic acids is 2. The van der Waals surface area contributed by atoms with Crippen LogP contribution in [-0.2, 0) is 9.59 Å². The molecule has 1 atom stereocenters. The largest absolute Gasteiger partial charge is 0.343 e. The molecular weight excluding hydrogens is 204 g/mol. The minimum absolute atomic E-state index is 0.0424. The molecule has 0 bridgehead atoms. The first-order valence-corrected chi connectivity index (χ1v) is 5.82. The Hall–Kier alpha value is -1.06. The summed E-state index contributed by atoms with van der Waals surface area (Å²) in [7, 11) is 0. The third kappa shape index (κ3) is 2.97. The fraction of sp³-hybridized carbons (Fsp3) is 0.833. The van der Waals surface area contributed by atoms with E-state index in [4.69, 9.17) is 0 Å². The minimum Gasteiger partial charge on any atom is -0.343 e. The van der Waals surface area contributed by atoms with E-state index >= 15 is 0 Å². The first-order valence-electron chi connectivity index (χ1n) is 5.82. The summed E-state index contributed by atoms with van der Waals surface area (Å²) in [6, 6.07) is -0.347. The molecule has 4 nitrogen and oxygen atoms in total. The van der Waals surface area contributed by atoms with Crippen LogP contribution in [0.4, 0.5) is 0 Å². The van der Waals surface area contributed by atoms with Crippen molar-refractivity contribution in [2.75, 3.05) is 6.54 Å². The molecule has 1 heterocycles. The molecule has 0 aromatic rings. The van der Waals surface area contributed by atoms with E-state index in [2.05, 4.69) is 19.2 Å². The summed E-state index contributed by atoms with van der Waals surface area (Å²) < 4.78 is 0. The van der Waals surface area contributed by atoms with Gasteiger partial charge in [-0.05, 0) is 33.1 Å². The van der Waals surface area contributed by atoms with Gasteiger partial charge in [-0.1, -0.05) is 13.8 Å². The first kappa shape index (κ1) is 13.0. The molecule has 1 aliphatic rings. The molecule has 92 valence electrons. The van der Waals surface area contributed by atoms with Crippen LogP contribution in [0.1, 0.15) is 41.0 Å². The van der Waals surface area contributed by atoms with E-state index < -0.39 is 0 Å². The molecule has 1 aliphatic heterocycles. The third-order valence-corrected chi connectivity index (χ3v) is 2.72. The van der Waals surface area contributed by atoms with Gasteiger partial charge < -0.3 is 10.2 Å². The zero-order valence-electron chi connectivity index (χ0n) is 10.8. The van der Waals surface area contributed by atoms with Gasteiger partial charge in [0.2, 0.25) is 11.8 Å². The van der Waals surface area contributed by atoms with Crippen LogP contribution in [-0.4, -0.2) is 34.8 Å². The summed E-state index contributed by atoms with van der Waals surface area (Å²) in [4.78, 5) is 25.4. The molecule has 1 fully saturated rings. The van der Waals surface area contributed by atoms with Crippen molar-refractivity contribution < 1.29 is 9.59 Å². The van der Waals surface area contributed by atoms with Gasteiger partial charge in [-0.25, -0.2) is 0 Å². The zero-order chi connectivity index (χ0) is 12.5. The second-order valence-corrected chi connectivity index (χ2v) is 5.84. The minimum atomic E-state index is -0.347. The summed E-state index contributed by atoms with van der Waals surface area (Å²) in [6.45, 7) is 10.1. The molecule has 0 radical (unpaired) electrons. The number of carbonyl (C=O) groups is 2. The maximum absolute atomic E-state index is 12.2. The highest BCUT2D eigenvalue weighted by molar-refractivity contribution is 5.95. The average molecular weight is 226 g/mol. The number of amides is 2. The SMILES string of the molecule is CC(C)CC1NC(=O)CN(C(C)(C)C)C1=O. The summed E-state index contributed by atoms with van der Waals surface area (Å²) in [6.07, 6.45) is 0.706. The van der Waals surface area contributed by atoms with Crippen molar-refractivity contribution in [2.24, 2.45) is 5.92 Å². The topological polar surface area (TPSA) is 49.4 Å². The normalized spacial score (nSPS) is 22.6. The highest BCUT2D eigenvalue weighted by Gasteiger charge is 2.38. The van der Waals surface area contributed by atoms with Crippen LogP contribution in [0.5, 0.6) is 0 Å². The van der Waals surface area contributed by atoms with E-state index in [1.54, 1.807) is 4.90 Å². The molecular formula is C12H22N2O2. The number of nitrogens with one attached hydrogen (secondary N) is 1. The standard InChI is InChI=1S/C12H22N2O2/c1-8(2)6-9-11(16)14(12(3,4)5)7-10(15)13-9/h8-9H,6-7H2,1-5H3,(H,13,15). The van der Waals surface area contributed by atoms with Gasteiger partial charge in [-0.3, -0.25) is 9.59 Å². The molecule has 1 N–H and O–H groups in total. The molecule has 0 aromatic carbocycles. The van der Waals surface area contributed by atoms with E-state index in [-0.39, 0.29) is 29.9 Å². The maximum atomic E-state index is 12.2. The lowest BCUT2D eigenvalue weighted by molar-refractivity contribution is -0.149. The van der Waals surface area contributed by atoms with Crippen LogP contribution >= 0.6 is 0 Å². The molecule has 0 aromatic heterocycles. The van der Waals surface area contributed by atoms with E-state index in [1.807, 2.05) is 20.8 Å². The van der Waals surface area contributed by atoms with Gasteiger partial charge in [0.1, 0.15) is 12.6 Å². The third-order valence-electron chi connectivity index (χ3n) is 2.72. The molecule has 1 rings (SSSR count). The lowest BCUT2D eigenvalue weighted by Gasteiger charge is -2.41. The summed E-state index contributed by atoms with van der Waals surface area (Å²) in [5.41, 5.74) is -0.288. The van der Waals surface area contributed by atoms with Crippen LogP contribution < -0.4 is 5.32 Å². The van der Waals surface area contributed by atoms with Gasteiger partial charge in [-0.15, -0.1) is 0 Å². The Balaban J connectivity index is 2.82. The van der Waals surface area contributed by atoms with Gasteiger partial charge in [0.25, 0.3) is 0 Å². The van der Waals surface area contributed by atoms with Crippen molar-refractivity contribution in [1.82, 2.24) is 10.2 Å². The van der Waals surface area contributed by atoms with Crippen LogP contribution in [0.3, 0.4) is 0 Å². The van der Waals surface area contributed by atoms with Crippen LogP contribution in [0.15, 0.2) is 0 Å². The number of hydrogen-bond acceptors (Lipinski definition) is 2. The molecule has 0 spiro atoms. The molecule has 0 aliphatic carbocycles. The van der Waals surface area contributed by atoms with E-state index in [0.29, 0.717) is 12.3 Å². The van der Waals surface area contributed by atoms with Crippen molar-refractivity contribution in [3.05, 3.63) is 0 Å². The van der Waals surface area contributed by atoms with Crippen LogP contribution in [0.25, 0.3) is 0 Å². The van der Waals surface area contributed by atoms with E-state index in [1.165, 1.54) is 0 Å². The van der Waals surface area contributed by atoms with E-state index in [9.17, 15) is 9.59 Å². The number of nitrogens with zero attached hydrogens (tertiary/aromatic N) is 1. The lowest BCUT2D eigenvalue weighted by atomic mass is 9.97. The number of rotatable bonds is 2.